The molecule has 0 saturated carbocycles. The Labute approximate surface area is 97.9 Å². The minimum absolute atomic E-state index is 0.331. The van der Waals surface area contributed by atoms with Crippen LogP contribution in [0.2, 0.25) is 5.02 Å². The van der Waals surface area contributed by atoms with Crippen LogP contribution in [0.15, 0.2) is 40.8 Å². The van der Waals surface area contributed by atoms with Gasteiger partial charge in [-0.05, 0) is 24.3 Å². The number of furan rings is 1. The standard InChI is InChI=1S/C12H11ClO3/c13-9-4-2-1-3-8(9)11-5-6-12(16-11)10(15)7-14/h1-6,10,14-15H,7H2/t10-/m1/s1. The van der Waals surface area contributed by atoms with Crippen molar-refractivity contribution < 1.29 is 14.6 Å². The molecule has 0 spiro atoms. The number of aliphatic hydroxyl groups excluding tert-OH is 2. The van der Waals surface area contributed by atoms with E-state index in [-0.39, 0.29) is 6.61 Å². The molecule has 0 unspecified atom stereocenters. The average Bonchev–Trinajstić information content (AvgIpc) is 2.78. The van der Waals surface area contributed by atoms with E-state index in [1.807, 2.05) is 18.2 Å². The predicted octanol–water partition coefficient (Wildman–Crippen LogP) is 2.63. The highest BCUT2D eigenvalue weighted by Crippen LogP contribution is 2.30. The third kappa shape index (κ3) is 2.11. The van der Waals surface area contributed by atoms with Crippen LogP contribution in [-0.2, 0) is 0 Å². The smallest absolute Gasteiger partial charge is 0.135 e. The number of hydrogen-bond acceptors (Lipinski definition) is 3. The van der Waals surface area contributed by atoms with Gasteiger partial charge in [-0.15, -0.1) is 0 Å². The van der Waals surface area contributed by atoms with Crippen LogP contribution in [0, 0.1) is 0 Å². The first kappa shape index (κ1) is 11.2. The van der Waals surface area contributed by atoms with Gasteiger partial charge in [-0.3, -0.25) is 0 Å². The quantitative estimate of drug-likeness (QED) is 0.864. The van der Waals surface area contributed by atoms with E-state index in [1.54, 1.807) is 18.2 Å². The second-order valence-electron chi connectivity index (χ2n) is 3.38. The lowest BCUT2D eigenvalue weighted by molar-refractivity contribution is 0.0781. The number of hydrogen-bond donors (Lipinski definition) is 2. The van der Waals surface area contributed by atoms with Crippen LogP contribution in [0.3, 0.4) is 0 Å². The topological polar surface area (TPSA) is 53.6 Å². The SMILES string of the molecule is OC[C@@H](O)c1ccc(-c2ccccc2Cl)o1. The zero-order valence-corrected chi connectivity index (χ0v) is 9.19. The van der Waals surface area contributed by atoms with Crippen LogP contribution in [0.1, 0.15) is 11.9 Å². The molecule has 16 heavy (non-hydrogen) atoms. The van der Waals surface area contributed by atoms with Crippen LogP contribution in [-0.4, -0.2) is 16.8 Å². The van der Waals surface area contributed by atoms with Crippen LogP contribution in [0.5, 0.6) is 0 Å². The van der Waals surface area contributed by atoms with Crippen molar-refractivity contribution in [2.24, 2.45) is 0 Å². The largest absolute Gasteiger partial charge is 0.458 e. The Hall–Kier alpha value is -1.29. The van der Waals surface area contributed by atoms with E-state index in [9.17, 15) is 5.11 Å². The summed E-state index contributed by atoms with van der Waals surface area (Å²) in [5.74, 6) is 0.908. The van der Waals surface area contributed by atoms with Crippen LogP contribution >= 0.6 is 11.6 Å². The molecule has 1 heterocycles. The number of aliphatic hydroxyl groups is 2. The first-order valence-electron chi connectivity index (χ1n) is 4.86. The Kier molecular flexibility index (Phi) is 3.29. The van der Waals surface area contributed by atoms with Crippen molar-refractivity contribution in [3.8, 4) is 11.3 Å². The molecule has 2 aromatic rings. The second kappa shape index (κ2) is 4.70. The lowest BCUT2D eigenvalue weighted by Gasteiger charge is -2.03. The summed E-state index contributed by atoms with van der Waals surface area (Å²) in [5.41, 5.74) is 0.764. The molecule has 0 bridgehead atoms. The molecule has 1 aromatic carbocycles. The molecule has 0 aliphatic carbocycles. The van der Waals surface area contributed by atoms with Gasteiger partial charge in [0.15, 0.2) is 0 Å². The van der Waals surface area contributed by atoms with Gasteiger partial charge < -0.3 is 14.6 Å². The first-order chi connectivity index (χ1) is 7.72. The van der Waals surface area contributed by atoms with Gasteiger partial charge in [-0.2, -0.15) is 0 Å². The fourth-order valence-corrected chi connectivity index (χ4v) is 1.66. The molecule has 0 saturated heterocycles. The third-order valence-electron chi connectivity index (χ3n) is 2.27. The number of rotatable bonds is 3. The van der Waals surface area contributed by atoms with Gasteiger partial charge in [0, 0.05) is 5.56 Å². The van der Waals surface area contributed by atoms with Crippen LogP contribution in [0.4, 0.5) is 0 Å². The van der Waals surface area contributed by atoms with Crippen molar-refractivity contribution in [3.63, 3.8) is 0 Å². The predicted molar refractivity (Wildman–Crippen MR) is 61.2 cm³/mol. The molecule has 2 N–H and O–H groups in total. The Bertz CT molecular complexity index is 479. The summed E-state index contributed by atoms with van der Waals surface area (Å²) in [6.07, 6.45) is -0.990. The number of benzene rings is 1. The molecule has 84 valence electrons. The lowest BCUT2D eigenvalue weighted by atomic mass is 10.2. The van der Waals surface area contributed by atoms with Gasteiger partial charge in [0.1, 0.15) is 17.6 Å². The van der Waals surface area contributed by atoms with E-state index in [0.717, 1.165) is 5.56 Å². The van der Waals surface area contributed by atoms with E-state index in [2.05, 4.69) is 0 Å². The normalized spacial score (nSPS) is 12.7. The molecule has 0 aliphatic rings. The minimum atomic E-state index is -0.990. The molecule has 4 heteroatoms. The van der Waals surface area contributed by atoms with Gasteiger partial charge in [0.25, 0.3) is 0 Å². The summed E-state index contributed by atoms with van der Waals surface area (Å²) in [5, 5.41) is 18.8. The maximum Gasteiger partial charge on any atom is 0.135 e. The molecular formula is C12H11ClO3. The van der Waals surface area contributed by atoms with E-state index >= 15 is 0 Å². The molecular weight excluding hydrogens is 228 g/mol. The first-order valence-corrected chi connectivity index (χ1v) is 5.23. The summed E-state index contributed by atoms with van der Waals surface area (Å²) in [6.45, 7) is -0.366. The molecule has 1 aromatic heterocycles. The average molecular weight is 239 g/mol. The molecule has 3 nitrogen and oxygen atoms in total. The van der Waals surface area contributed by atoms with E-state index in [1.165, 1.54) is 0 Å². The highest BCUT2D eigenvalue weighted by Gasteiger charge is 2.13. The van der Waals surface area contributed by atoms with Crippen molar-refractivity contribution in [1.29, 1.82) is 0 Å². The zero-order valence-electron chi connectivity index (χ0n) is 8.43. The van der Waals surface area contributed by atoms with Gasteiger partial charge in [-0.25, -0.2) is 0 Å². The van der Waals surface area contributed by atoms with Gasteiger partial charge in [0.05, 0.1) is 11.6 Å². The molecule has 2 rings (SSSR count). The summed E-state index contributed by atoms with van der Waals surface area (Å²) in [6, 6.07) is 10.6. The summed E-state index contributed by atoms with van der Waals surface area (Å²) in [4.78, 5) is 0. The summed E-state index contributed by atoms with van der Waals surface area (Å²) < 4.78 is 5.41. The molecule has 0 fully saturated rings. The van der Waals surface area contributed by atoms with Crippen molar-refractivity contribution >= 4 is 11.6 Å². The maximum absolute atomic E-state index is 9.38. The van der Waals surface area contributed by atoms with Gasteiger partial charge in [0.2, 0.25) is 0 Å². The minimum Gasteiger partial charge on any atom is -0.458 e. The molecule has 0 amide bonds. The lowest BCUT2D eigenvalue weighted by Crippen LogP contribution is -2.00. The Morgan fingerprint density at radius 3 is 2.62 bits per heavy atom. The van der Waals surface area contributed by atoms with Crippen molar-refractivity contribution in [2.45, 2.75) is 6.10 Å². The Morgan fingerprint density at radius 2 is 1.94 bits per heavy atom. The Balaban J connectivity index is 2.35. The van der Waals surface area contributed by atoms with E-state index < -0.39 is 6.10 Å². The Morgan fingerprint density at radius 1 is 1.19 bits per heavy atom. The summed E-state index contributed by atoms with van der Waals surface area (Å²) >= 11 is 6.01. The molecule has 0 radical (unpaired) electrons. The van der Waals surface area contributed by atoms with E-state index in [0.29, 0.717) is 16.5 Å². The monoisotopic (exact) mass is 238 g/mol. The molecule has 1 atom stereocenters. The van der Waals surface area contributed by atoms with Gasteiger partial charge >= 0.3 is 0 Å². The van der Waals surface area contributed by atoms with Crippen molar-refractivity contribution in [2.75, 3.05) is 6.61 Å². The van der Waals surface area contributed by atoms with Gasteiger partial charge in [-0.1, -0.05) is 23.7 Å². The van der Waals surface area contributed by atoms with Crippen LogP contribution < -0.4 is 0 Å². The highest BCUT2D eigenvalue weighted by molar-refractivity contribution is 6.33. The van der Waals surface area contributed by atoms with E-state index in [4.69, 9.17) is 21.1 Å². The summed E-state index contributed by atoms with van der Waals surface area (Å²) in [7, 11) is 0. The maximum atomic E-state index is 9.38. The van der Waals surface area contributed by atoms with Crippen LogP contribution in [0.25, 0.3) is 11.3 Å². The zero-order chi connectivity index (χ0) is 11.5. The third-order valence-corrected chi connectivity index (χ3v) is 2.60. The fourth-order valence-electron chi connectivity index (χ4n) is 1.43. The van der Waals surface area contributed by atoms with Crippen molar-refractivity contribution in [3.05, 3.63) is 47.2 Å². The fraction of sp³-hybridized carbons (Fsp3) is 0.167. The highest BCUT2D eigenvalue weighted by atomic mass is 35.5. The number of halogens is 1. The second-order valence-corrected chi connectivity index (χ2v) is 3.79. The molecule has 0 aliphatic heterocycles. The van der Waals surface area contributed by atoms with Crippen molar-refractivity contribution in [1.82, 2.24) is 0 Å².